The third kappa shape index (κ3) is 4.59. The summed E-state index contributed by atoms with van der Waals surface area (Å²) < 4.78 is 0. The molecular formula is C13H25N. The number of rotatable bonds is 6. The second-order valence-electron chi connectivity index (χ2n) is 4.88. The summed E-state index contributed by atoms with van der Waals surface area (Å²) in [6.07, 6.45) is 8.07. The van der Waals surface area contributed by atoms with Crippen LogP contribution in [0.4, 0.5) is 0 Å². The zero-order chi connectivity index (χ0) is 11.2. The fourth-order valence-electron chi connectivity index (χ4n) is 1.17. The van der Waals surface area contributed by atoms with Crippen molar-refractivity contribution in [2.45, 2.75) is 47.5 Å². The molecule has 0 spiro atoms. The number of hydrogen-bond donors (Lipinski definition) is 1. The van der Waals surface area contributed by atoms with Crippen molar-refractivity contribution in [3.63, 3.8) is 0 Å². The highest BCUT2D eigenvalue weighted by Crippen LogP contribution is 2.27. The maximum atomic E-state index is 7.17. The molecule has 0 rings (SSSR count). The van der Waals surface area contributed by atoms with E-state index in [1.54, 1.807) is 0 Å². The van der Waals surface area contributed by atoms with Gasteiger partial charge in [0.05, 0.1) is 0 Å². The van der Waals surface area contributed by atoms with Crippen LogP contribution in [0, 0.1) is 22.7 Å². The molecule has 82 valence electrons. The molecule has 0 aromatic rings. The van der Waals surface area contributed by atoms with E-state index in [2.05, 4.69) is 46.8 Å². The van der Waals surface area contributed by atoms with E-state index >= 15 is 0 Å². The lowest BCUT2D eigenvalue weighted by Gasteiger charge is -2.23. The summed E-state index contributed by atoms with van der Waals surface area (Å²) in [6, 6.07) is 0. The van der Waals surface area contributed by atoms with Crippen LogP contribution < -0.4 is 0 Å². The molecule has 0 aliphatic carbocycles. The maximum absolute atomic E-state index is 7.17. The lowest BCUT2D eigenvalue weighted by molar-refractivity contribution is 0.422. The predicted octanol–water partition coefficient (Wildman–Crippen LogP) is 4.29. The largest absolute Gasteiger partial charge is 0.313 e. The van der Waals surface area contributed by atoms with E-state index in [1.807, 2.05) is 0 Å². The van der Waals surface area contributed by atoms with Crippen molar-refractivity contribution in [2.75, 3.05) is 0 Å². The van der Waals surface area contributed by atoms with Crippen LogP contribution in [-0.2, 0) is 0 Å². The van der Waals surface area contributed by atoms with Crippen LogP contribution in [-0.4, -0.2) is 6.21 Å². The first-order chi connectivity index (χ1) is 6.45. The van der Waals surface area contributed by atoms with Gasteiger partial charge >= 0.3 is 0 Å². The van der Waals surface area contributed by atoms with Gasteiger partial charge in [-0.05, 0) is 36.3 Å². The summed E-state index contributed by atoms with van der Waals surface area (Å²) >= 11 is 0. The van der Waals surface area contributed by atoms with Crippen LogP contribution >= 0.6 is 0 Å². The van der Waals surface area contributed by atoms with Gasteiger partial charge in [0.25, 0.3) is 0 Å². The quantitative estimate of drug-likeness (QED) is 0.483. The van der Waals surface area contributed by atoms with Gasteiger partial charge in [0.2, 0.25) is 0 Å². The fourth-order valence-corrected chi connectivity index (χ4v) is 1.17. The summed E-state index contributed by atoms with van der Waals surface area (Å²) in [5, 5.41) is 7.17. The molecule has 1 nitrogen and oxygen atoms in total. The number of nitrogens with one attached hydrogen (secondary N) is 1. The van der Waals surface area contributed by atoms with Crippen molar-refractivity contribution in [3.8, 4) is 0 Å². The Kier molecular flexibility index (Phi) is 5.75. The molecule has 0 radical (unpaired) electrons. The van der Waals surface area contributed by atoms with Crippen molar-refractivity contribution in [2.24, 2.45) is 17.3 Å². The van der Waals surface area contributed by atoms with Gasteiger partial charge in [-0.25, -0.2) is 0 Å². The average Bonchev–Trinajstić information content (AvgIpc) is 2.14. The molecule has 0 saturated carbocycles. The molecule has 14 heavy (non-hydrogen) atoms. The highest BCUT2D eigenvalue weighted by atomic mass is 14.3. The first-order valence-electron chi connectivity index (χ1n) is 5.63. The van der Waals surface area contributed by atoms with Gasteiger partial charge in [0.15, 0.2) is 0 Å². The minimum atomic E-state index is 0.185. The third-order valence-corrected chi connectivity index (χ3v) is 3.23. The van der Waals surface area contributed by atoms with Crippen molar-refractivity contribution < 1.29 is 0 Å². The molecule has 1 unspecified atom stereocenters. The molecule has 1 heteroatoms. The van der Waals surface area contributed by atoms with Gasteiger partial charge in [0, 0.05) is 0 Å². The van der Waals surface area contributed by atoms with E-state index in [-0.39, 0.29) is 5.41 Å². The minimum absolute atomic E-state index is 0.185. The van der Waals surface area contributed by atoms with Crippen LogP contribution in [0.15, 0.2) is 12.2 Å². The normalized spacial score (nSPS) is 18.4. The highest BCUT2D eigenvalue weighted by Gasteiger charge is 2.17. The Balaban J connectivity index is 4.36. The lowest BCUT2D eigenvalue weighted by Crippen LogP contribution is -2.13. The zero-order valence-corrected chi connectivity index (χ0v) is 10.3. The van der Waals surface area contributed by atoms with E-state index < -0.39 is 0 Å². The SMILES string of the molecule is CC[C@](C)(/C=C/C(C)C(C)C)CC=N. The average molecular weight is 195 g/mol. The van der Waals surface area contributed by atoms with Gasteiger partial charge in [-0.3, -0.25) is 0 Å². The molecule has 0 saturated heterocycles. The summed E-state index contributed by atoms with van der Waals surface area (Å²) in [5.41, 5.74) is 0.185. The first-order valence-corrected chi connectivity index (χ1v) is 5.63. The Labute approximate surface area is 89.1 Å². The van der Waals surface area contributed by atoms with Crippen molar-refractivity contribution in [1.29, 1.82) is 5.41 Å². The zero-order valence-electron chi connectivity index (χ0n) is 10.3. The minimum Gasteiger partial charge on any atom is -0.313 e. The Hall–Kier alpha value is -0.590. The topological polar surface area (TPSA) is 23.9 Å². The summed E-state index contributed by atoms with van der Waals surface area (Å²) in [5.74, 6) is 1.33. The van der Waals surface area contributed by atoms with Gasteiger partial charge in [-0.15, -0.1) is 0 Å². The number of hydrogen-bond acceptors (Lipinski definition) is 1. The van der Waals surface area contributed by atoms with E-state index in [9.17, 15) is 0 Å². The Morgan fingerprint density at radius 2 is 1.86 bits per heavy atom. The third-order valence-electron chi connectivity index (χ3n) is 3.23. The maximum Gasteiger partial charge on any atom is -0.00392 e. The van der Waals surface area contributed by atoms with Crippen molar-refractivity contribution in [1.82, 2.24) is 0 Å². The Morgan fingerprint density at radius 3 is 2.21 bits per heavy atom. The van der Waals surface area contributed by atoms with Crippen LogP contribution in [0.5, 0.6) is 0 Å². The lowest BCUT2D eigenvalue weighted by atomic mass is 9.82. The van der Waals surface area contributed by atoms with Crippen molar-refractivity contribution in [3.05, 3.63) is 12.2 Å². The Morgan fingerprint density at radius 1 is 1.29 bits per heavy atom. The van der Waals surface area contributed by atoms with Crippen molar-refractivity contribution >= 4 is 6.21 Å². The van der Waals surface area contributed by atoms with E-state index in [4.69, 9.17) is 5.41 Å². The van der Waals surface area contributed by atoms with Crippen LogP contribution in [0.25, 0.3) is 0 Å². The van der Waals surface area contributed by atoms with Gasteiger partial charge in [0.1, 0.15) is 0 Å². The molecule has 0 aromatic heterocycles. The van der Waals surface area contributed by atoms with Crippen LogP contribution in [0.3, 0.4) is 0 Å². The molecule has 1 N–H and O–H groups in total. The second kappa shape index (κ2) is 6.00. The van der Waals surface area contributed by atoms with E-state index in [1.165, 1.54) is 6.21 Å². The molecule has 0 amide bonds. The monoisotopic (exact) mass is 195 g/mol. The summed E-state index contributed by atoms with van der Waals surface area (Å²) in [4.78, 5) is 0. The molecule has 0 aromatic carbocycles. The molecule has 0 bridgehead atoms. The van der Waals surface area contributed by atoms with Gasteiger partial charge in [-0.1, -0.05) is 46.8 Å². The molecular weight excluding hydrogens is 170 g/mol. The van der Waals surface area contributed by atoms with E-state index in [0.717, 1.165) is 12.8 Å². The molecule has 0 heterocycles. The summed E-state index contributed by atoms with van der Waals surface area (Å²) in [6.45, 7) is 11.2. The summed E-state index contributed by atoms with van der Waals surface area (Å²) in [7, 11) is 0. The smallest absolute Gasteiger partial charge is 0.00392 e. The predicted molar refractivity (Wildman–Crippen MR) is 64.9 cm³/mol. The standard InChI is InChI=1S/C13H25N/c1-6-13(5,9-10-14)8-7-12(4)11(2)3/h7-8,10-12,14H,6,9H2,1-5H3/b8-7+,14-10?/t12?,13-/m1/s1. The molecule has 0 aliphatic rings. The second-order valence-corrected chi connectivity index (χ2v) is 4.88. The highest BCUT2D eigenvalue weighted by molar-refractivity contribution is 5.54. The molecule has 2 atom stereocenters. The number of allylic oxidation sites excluding steroid dienone is 2. The molecule has 0 fully saturated rings. The van der Waals surface area contributed by atoms with E-state index in [0.29, 0.717) is 11.8 Å². The van der Waals surface area contributed by atoms with Crippen LogP contribution in [0.2, 0.25) is 0 Å². The fraction of sp³-hybridized carbons (Fsp3) is 0.769. The van der Waals surface area contributed by atoms with Gasteiger partial charge < -0.3 is 5.41 Å². The Bertz CT molecular complexity index is 193. The molecule has 0 aliphatic heterocycles. The first kappa shape index (κ1) is 13.4. The van der Waals surface area contributed by atoms with Crippen LogP contribution in [0.1, 0.15) is 47.5 Å². The van der Waals surface area contributed by atoms with Gasteiger partial charge in [-0.2, -0.15) is 0 Å².